The molecule has 1 saturated heterocycles. The highest BCUT2D eigenvalue weighted by Gasteiger charge is 2.39. The van der Waals surface area contributed by atoms with E-state index in [4.69, 9.17) is 14.5 Å². The number of rotatable bonds is 8. The van der Waals surface area contributed by atoms with Crippen LogP contribution in [0.5, 0.6) is 0 Å². The zero-order chi connectivity index (χ0) is 35.3. The van der Waals surface area contributed by atoms with E-state index in [0.29, 0.717) is 60.8 Å². The lowest BCUT2D eigenvalue weighted by molar-refractivity contribution is -0.137. The zero-order valence-corrected chi connectivity index (χ0v) is 27.3. The van der Waals surface area contributed by atoms with Gasteiger partial charge in [0.15, 0.2) is 0 Å². The van der Waals surface area contributed by atoms with Crippen molar-refractivity contribution < 1.29 is 27.4 Å². The lowest BCUT2D eigenvalue weighted by Gasteiger charge is -2.40. The van der Waals surface area contributed by atoms with Crippen LogP contribution in [0.3, 0.4) is 0 Å². The molecule has 0 saturated carbocycles. The molecule has 0 spiro atoms. The van der Waals surface area contributed by atoms with Gasteiger partial charge in [-0.2, -0.15) is 23.7 Å². The molecule has 1 amide bonds. The molecule has 3 heterocycles. The average molecular weight is 682 g/mol. The second-order valence-corrected chi connectivity index (χ2v) is 12.1. The second-order valence-electron chi connectivity index (χ2n) is 12.1. The van der Waals surface area contributed by atoms with Crippen molar-refractivity contribution in [3.8, 4) is 12.1 Å². The minimum Gasteiger partial charge on any atom is -0.444 e. The highest BCUT2D eigenvalue weighted by molar-refractivity contribution is 5.90. The Labute approximate surface area is 287 Å². The van der Waals surface area contributed by atoms with E-state index in [1.807, 2.05) is 37.3 Å². The van der Waals surface area contributed by atoms with E-state index in [1.54, 1.807) is 18.3 Å². The number of carbonyl (C=O) groups excluding carboxylic acids is 1. The van der Waals surface area contributed by atoms with Crippen LogP contribution in [0.15, 0.2) is 72.9 Å². The van der Waals surface area contributed by atoms with Gasteiger partial charge in [0.25, 0.3) is 0 Å². The zero-order valence-electron chi connectivity index (χ0n) is 27.3. The number of fused-ring (bicyclic) bond motifs is 1. The summed E-state index contributed by atoms with van der Waals surface area (Å²) in [6, 6.07) is 20.6. The quantitative estimate of drug-likeness (QED) is 0.206. The number of nitrogens with zero attached hydrogens (tertiary/aromatic N) is 6. The van der Waals surface area contributed by atoms with Gasteiger partial charge in [0.2, 0.25) is 5.95 Å². The third-order valence-corrected chi connectivity index (χ3v) is 8.86. The van der Waals surface area contributed by atoms with Crippen LogP contribution in [0.1, 0.15) is 64.9 Å². The first-order chi connectivity index (χ1) is 24.2. The number of nitrogens with one attached hydrogen (secondary N) is 1. The molecule has 4 aromatic rings. The number of hydrogen-bond acceptors (Lipinski definition) is 9. The topological polar surface area (TPSA) is 127 Å². The number of halogens is 3. The molecule has 1 aromatic heterocycles. The van der Waals surface area contributed by atoms with Gasteiger partial charge >= 0.3 is 12.3 Å². The predicted molar refractivity (Wildman–Crippen MR) is 179 cm³/mol. The molecule has 0 bridgehead atoms. The van der Waals surface area contributed by atoms with Crippen LogP contribution in [-0.2, 0) is 28.7 Å². The molecule has 3 aromatic carbocycles. The van der Waals surface area contributed by atoms with Gasteiger partial charge < -0.3 is 19.7 Å². The Morgan fingerprint density at radius 2 is 1.72 bits per heavy atom. The van der Waals surface area contributed by atoms with Gasteiger partial charge in [-0.15, -0.1) is 0 Å². The number of aromatic nitrogens is 2. The second kappa shape index (κ2) is 14.8. The van der Waals surface area contributed by atoms with Crippen molar-refractivity contribution in [2.45, 2.75) is 51.1 Å². The molecule has 2 unspecified atom stereocenters. The molecule has 1 N–H and O–H groups in total. The summed E-state index contributed by atoms with van der Waals surface area (Å²) in [7, 11) is 0. The van der Waals surface area contributed by atoms with Crippen LogP contribution in [0.4, 0.5) is 35.3 Å². The SMILES string of the molecule is CCC1CC(Nc2ncc(N3CCOCC3)c(Cc3cc(C#N)cc(C#N)c3)n2)c2cc(C(F)(F)F)ccc2N1C(=O)OCc1ccccc1. The fourth-order valence-corrected chi connectivity index (χ4v) is 6.40. The molecule has 10 nitrogen and oxygen atoms in total. The van der Waals surface area contributed by atoms with Gasteiger partial charge in [0, 0.05) is 25.6 Å². The summed E-state index contributed by atoms with van der Waals surface area (Å²) >= 11 is 0. The molecular weight excluding hydrogens is 647 g/mol. The summed E-state index contributed by atoms with van der Waals surface area (Å²) in [5, 5.41) is 22.4. The molecule has 0 radical (unpaired) electrons. The van der Waals surface area contributed by atoms with Crippen LogP contribution < -0.4 is 15.1 Å². The average Bonchev–Trinajstić information content (AvgIpc) is 3.13. The third kappa shape index (κ3) is 7.64. The first-order valence-corrected chi connectivity index (χ1v) is 16.3. The normalized spacial score (nSPS) is 17.3. The smallest absolute Gasteiger partial charge is 0.416 e. The van der Waals surface area contributed by atoms with Gasteiger partial charge in [-0.1, -0.05) is 37.3 Å². The number of hydrogen-bond donors (Lipinski definition) is 1. The number of alkyl halides is 3. The molecule has 256 valence electrons. The van der Waals surface area contributed by atoms with E-state index in [1.165, 1.54) is 17.0 Å². The van der Waals surface area contributed by atoms with Crippen molar-refractivity contribution in [3.05, 3.63) is 112 Å². The molecule has 6 rings (SSSR count). The number of benzene rings is 3. The lowest BCUT2D eigenvalue weighted by atomic mass is 9.89. The van der Waals surface area contributed by atoms with Crippen molar-refractivity contribution in [1.82, 2.24) is 9.97 Å². The van der Waals surface area contributed by atoms with E-state index < -0.39 is 29.9 Å². The van der Waals surface area contributed by atoms with Crippen LogP contribution in [0, 0.1) is 22.7 Å². The van der Waals surface area contributed by atoms with Crippen LogP contribution in [0.25, 0.3) is 0 Å². The summed E-state index contributed by atoms with van der Waals surface area (Å²) in [6.45, 7) is 4.18. The monoisotopic (exact) mass is 681 g/mol. The molecule has 2 aliphatic rings. The van der Waals surface area contributed by atoms with Crippen molar-refractivity contribution in [1.29, 1.82) is 10.5 Å². The van der Waals surface area contributed by atoms with Gasteiger partial charge in [-0.25, -0.2) is 14.8 Å². The molecule has 50 heavy (non-hydrogen) atoms. The molecule has 13 heteroatoms. The minimum atomic E-state index is -4.61. The Balaban J connectivity index is 1.35. The Hall–Kier alpha value is -5.66. The van der Waals surface area contributed by atoms with Crippen LogP contribution >= 0.6 is 0 Å². The standard InChI is InChI=1S/C37H34F3N7O3/c1-2-29-19-31(30-18-28(37(38,39)40)8-9-33(30)47(29)36(48)50-23-24-6-4-3-5-7-24)44-35-43-22-34(46-10-12-49-13-11-46)32(45-35)17-25-14-26(20-41)16-27(15-25)21-42/h3-9,14-16,18,22,29,31H,2,10-13,17,19,23H2,1H3,(H,43,44,45). The Kier molecular flexibility index (Phi) is 10.2. The number of anilines is 3. The van der Waals surface area contributed by atoms with Gasteiger partial charge in [-0.05, 0) is 65.9 Å². The van der Waals surface area contributed by atoms with E-state index in [2.05, 4.69) is 27.3 Å². The summed E-state index contributed by atoms with van der Waals surface area (Å²) in [4.78, 5) is 26.5. The lowest BCUT2D eigenvalue weighted by Crippen LogP contribution is -2.46. The molecule has 0 aliphatic carbocycles. The fourth-order valence-electron chi connectivity index (χ4n) is 6.40. The van der Waals surface area contributed by atoms with Gasteiger partial charge in [0.05, 0.1) is 71.3 Å². The number of morpholine rings is 1. The maximum atomic E-state index is 14.0. The number of ether oxygens (including phenoxy) is 2. The fraction of sp³-hybridized carbons (Fsp3) is 0.324. The van der Waals surface area contributed by atoms with Crippen molar-refractivity contribution in [2.24, 2.45) is 0 Å². The highest BCUT2D eigenvalue weighted by atomic mass is 19.4. The van der Waals surface area contributed by atoms with Crippen molar-refractivity contribution in [3.63, 3.8) is 0 Å². The van der Waals surface area contributed by atoms with Crippen molar-refractivity contribution >= 4 is 23.4 Å². The Bertz CT molecular complexity index is 1900. The van der Waals surface area contributed by atoms with E-state index in [-0.39, 0.29) is 31.0 Å². The minimum absolute atomic E-state index is 0.0174. The maximum Gasteiger partial charge on any atom is 0.416 e. The number of amides is 1. The number of nitriles is 2. The first-order valence-electron chi connectivity index (χ1n) is 16.3. The highest BCUT2D eigenvalue weighted by Crippen LogP contribution is 2.43. The largest absolute Gasteiger partial charge is 0.444 e. The maximum absolute atomic E-state index is 14.0. The van der Waals surface area contributed by atoms with Crippen molar-refractivity contribution in [2.75, 3.05) is 41.4 Å². The Morgan fingerprint density at radius 1 is 1.00 bits per heavy atom. The summed E-state index contributed by atoms with van der Waals surface area (Å²) in [5.74, 6) is 0.192. The summed E-state index contributed by atoms with van der Waals surface area (Å²) < 4.78 is 53.2. The molecule has 2 aliphatic heterocycles. The first kappa shape index (κ1) is 34.2. The molecule has 1 fully saturated rings. The van der Waals surface area contributed by atoms with Gasteiger partial charge in [-0.3, -0.25) is 4.90 Å². The predicted octanol–water partition coefficient (Wildman–Crippen LogP) is 7.14. The summed E-state index contributed by atoms with van der Waals surface area (Å²) in [6.07, 6.45) is -2.53. The third-order valence-electron chi connectivity index (χ3n) is 8.86. The number of carbonyl (C=O) groups is 1. The van der Waals surface area contributed by atoms with E-state index >= 15 is 0 Å². The van der Waals surface area contributed by atoms with Crippen LogP contribution in [0.2, 0.25) is 0 Å². The van der Waals surface area contributed by atoms with E-state index in [9.17, 15) is 28.5 Å². The van der Waals surface area contributed by atoms with Crippen LogP contribution in [-0.4, -0.2) is 48.4 Å². The molecule has 2 atom stereocenters. The van der Waals surface area contributed by atoms with Gasteiger partial charge in [0.1, 0.15) is 6.61 Å². The Morgan fingerprint density at radius 3 is 2.38 bits per heavy atom. The molecular formula is C37H34F3N7O3. The van der Waals surface area contributed by atoms with E-state index in [0.717, 1.165) is 23.4 Å². The summed E-state index contributed by atoms with van der Waals surface area (Å²) in [5.41, 5.74) is 3.28.